The van der Waals surface area contributed by atoms with Crippen LogP contribution in [0.25, 0.3) is 10.2 Å². The third-order valence-corrected chi connectivity index (χ3v) is 7.56. The van der Waals surface area contributed by atoms with E-state index in [0.29, 0.717) is 18.8 Å². The Bertz CT molecular complexity index is 913. The normalized spacial score (nSPS) is 17.4. The average Bonchev–Trinajstić information content (AvgIpc) is 3.07. The molecule has 1 fully saturated rings. The van der Waals surface area contributed by atoms with Crippen LogP contribution in [0.3, 0.4) is 0 Å². The molecule has 0 unspecified atom stereocenters. The minimum atomic E-state index is 0.0762. The predicted molar refractivity (Wildman–Crippen MR) is 113 cm³/mol. The zero-order valence-corrected chi connectivity index (χ0v) is 17.6. The van der Waals surface area contributed by atoms with E-state index in [0.717, 1.165) is 54.3 Å². The molecule has 1 amide bonds. The van der Waals surface area contributed by atoms with Crippen molar-refractivity contribution in [3.05, 3.63) is 20.8 Å². The Labute approximate surface area is 167 Å². The molecule has 0 atom stereocenters. The molecule has 2 aromatic heterocycles. The third-order valence-electron chi connectivity index (χ3n) is 5.52. The minimum absolute atomic E-state index is 0.0762. The summed E-state index contributed by atoms with van der Waals surface area (Å²) in [4.78, 5) is 36.5. The van der Waals surface area contributed by atoms with Crippen molar-refractivity contribution in [3.8, 4) is 0 Å². The maximum atomic E-state index is 13.1. The summed E-state index contributed by atoms with van der Waals surface area (Å²) in [6.07, 6.45) is 4.45. The first kappa shape index (κ1) is 18.8. The van der Waals surface area contributed by atoms with Crippen LogP contribution in [0.4, 0.5) is 5.95 Å². The molecular formula is C19H26N4O2S2. The number of fused-ring (bicyclic) bond motifs is 3. The summed E-state index contributed by atoms with van der Waals surface area (Å²) < 4.78 is 1.70. The molecule has 2 aromatic rings. The van der Waals surface area contributed by atoms with Gasteiger partial charge in [-0.05, 0) is 37.0 Å². The first-order chi connectivity index (χ1) is 13.1. The second-order valence-corrected chi connectivity index (χ2v) is 9.53. The summed E-state index contributed by atoms with van der Waals surface area (Å²) in [7, 11) is 1.83. The topological polar surface area (TPSA) is 58.4 Å². The van der Waals surface area contributed by atoms with Crippen LogP contribution in [0.2, 0.25) is 0 Å². The Kier molecular flexibility index (Phi) is 5.45. The molecule has 0 bridgehead atoms. The number of thioether (sulfide) groups is 1. The Balaban J connectivity index is 1.57. The van der Waals surface area contributed by atoms with Crippen LogP contribution in [-0.4, -0.2) is 58.0 Å². The van der Waals surface area contributed by atoms with E-state index in [9.17, 15) is 9.59 Å². The highest BCUT2D eigenvalue weighted by atomic mass is 32.2. The number of carbonyl (C=O) groups excluding carboxylic acids is 1. The van der Waals surface area contributed by atoms with Crippen molar-refractivity contribution in [2.75, 3.05) is 42.6 Å². The second-order valence-electron chi connectivity index (χ2n) is 7.17. The van der Waals surface area contributed by atoms with Crippen molar-refractivity contribution in [1.29, 1.82) is 0 Å². The standard InChI is InChI=1S/C19H26N4O2S2/c1-3-26-12-15(24)22-8-10-23(11-9-22)19-20-17-16(18(25)21(19)2)13-6-4-5-7-14(13)27-17/h3-12H2,1-2H3. The second kappa shape index (κ2) is 7.83. The lowest BCUT2D eigenvalue weighted by atomic mass is 9.97. The quantitative estimate of drug-likeness (QED) is 0.780. The van der Waals surface area contributed by atoms with Crippen molar-refractivity contribution >= 4 is 45.2 Å². The Morgan fingerprint density at radius 2 is 1.93 bits per heavy atom. The number of carbonyl (C=O) groups is 1. The molecule has 146 valence electrons. The van der Waals surface area contributed by atoms with Gasteiger partial charge in [0, 0.05) is 38.1 Å². The molecule has 6 nitrogen and oxygen atoms in total. The molecule has 1 saturated heterocycles. The number of thiophene rings is 1. The van der Waals surface area contributed by atoms with E-state index < -0.39 is 0 Å². The third kappa shape index (κ3) is 3.49. The molecule has 27 heavy (non-hydrogen) atoms. The fraction of sp³-hybridized carbons (Fsp3) is 0.632. The molecule has 4 rings (SSSR count). The van der Waals surface area contributed by atoms with E-state index in [1.165, 1.54) is 16.9 Å². The van der Waals surface area contributed by atoms with E-state index in [1.54, 1.807) is 27.7 Å². The molecule has 2 aliphatic rings. The van der Waals surface area contributed by atoms with E-state index in [-0.39, 0.29) is 11.5 Å². The van der Waals surface area contributed by atoms with Gasteiger partial charge < -0.3 is 9.80 Å². The predicted octanol–water partition coefficient (Wildman–Crippen LogP) is 2.28. The van der Waals surface area contributed by atoms with Crippen molar-refractivity contribution in [2.24, 2.45) is 7.05 Å². The number of anilines is 1. The maximum Gasteiger partial charge on any atom is 0.263 e. The van der Waals surface area contributed by atoms with Crippen molar-refractivity contribution in [1.82, 2.24) is 14.5 Å². The van der Waals surface area contributed by atoms with Gasteiger partial charge in [-0.25, -0.2) is 4.98 Å². The molecule has 0 radical (unpaired) electrons. The summed E-state index contributed by atoms with van der Waals surface area (Å²) in [5.74, 6) is 2.47. The smallest absolute Gasteiger partial charge is 0.263 e. The molecule has 1 aliphatic heterocycles. The van der Waals surface area contributed by atoms with Gasteiger partial charge >= 0.3 is 0 Å². The Morgan fingerprint density at radius 1 is 1.19 bits per heavy atom. The molecule has 1 aliphatic carbocycles. The van der Waals surface area contributed by atoms with E-state index in [2.05, 4.69) is 11.8 Å². The number of aryl methyl sites for hydroxylation is 2. The van der Waals surface area contributed by atoms with Crippen LogP contribution < -0.4 is 10.5 Å². The lowest BCUT2D eigenvalue weighted by Gasteiger charge is -2.35. The summed E-state index contributed by atoms with van der Waals surface area (Å²) in [6, 6.07) is 0. The van der Waals surface area contributed by atoms with Gasteiger partial charge in [0.05, 0.1) is 11.1 Å². The van der Waals surface area contributed by atoms with Gasteiger partial charge in [-0.1, -0.05) is 6.92 Å². The largest absolute Gasteiger partial charge is 0.339 e. The molecule has 0 saturated carbocycles. The van der Waals surface area contributed by atoms with Crippen LogP contribution in [0.5, 0.6) is 0 Å². The fourth-order valence-corrected chi connectivity index (χ4v) is 5.80. The first-order valence-corrected chi connectivity index (χ1v) is 11.7. The zero-order chi connectivity index (χ0) is 19.0. The van der Waals surface area contributed by atoms with E-state index in [1.807, 2.05) is 11.9 Å². The first-order valence-electron chi connectivity index (χ1n) is 9.72. The number of piperazine rings is 1. The average molecular weight is 407 g/mol. The van der Waals surface area contributed by atoms with Gasteiger partial charge in [-0.15, -0.1) is 11.3 Å². The van der Waals surface area contributed by atoms with Crippen LogP contribution in [0, 0.1) is 0 Å². The summed E-state index contributed by atoms with van der Waals surface area (Å²) in [6.45, 7) is 4.90. The Morgan fingerprint density at radius 3 is 2.67 bits per heavy atom. The molecule has 0 N–H and O–H groups in total. The van der Waals surface area contributed by atoms with E-state index >= 15 is 0 Å². The highest BCUT2D eigenvalue weighted by Crippen LogP contribution is 2.34. The number of hydrogen-bond donors (Lipinski definition) is 0. The van der Waals surface area contributed by atoms with Gasteiger partial charge in [0.15, 0.2) is 0 Å². The maximum absolute atomic E-state index is 13.1. The Hall–Kier alpha value is -1.54. The number of rotatable bonds is 4. The number of hydrogen-bond acceptors (Lipinski definition) is 6. The molecule has 0 spiro atoms. The number of nitrogens with zero attached hydrogens (tertiary/aromatic N) is 4. The van der Waals surface area contributed by atoms with Gasteiger partial charge in [-0.3, -0.25) is 14.2 Å². The monoisotopic (exact) mass is 406 g/mol. The van der Waals surface area contributed by atoms with Gasteiger partial charge in [0.2, 0.25) is 11.9 Å². The zero-order valence-electron chi connectivity index (χ0n) is 16.0. The SMILES string of the molecule is CCSCC(=O)N1CCN(c2nc3sc4c(c3c(=O)n2C)CCCC4)CC1. The van der Waals surface area contributed by atoms with Gasteiger partial charge in [0.25, 0.3) is 5.56 Å². The molecule has 3 heterocycles. The van der Waals surface area contributed by atoms with Crippen LogP contribution in [-0.2, 0) is 24.7 Å². The number of amides is 1. The highest BCUT2D eigenvalue weighted by Gasteiger charge is 2.26. The van der Waals surface area contributed by atoms with Crippen LogP contribution in [0.1, 0.15) is 30.2 Å². The number of aromatic nitrogens is 2. The van der Waals surface area contributed by atoms with Gasteiger partial charge in [0.1, 0.15) is 4.83 Å². The molecule has 8 heteroatoms. The fourth-order valence-electron chi connectivity index (χ4n) is 3.99. The molecule has 0 aromatic carbocycles. The summed E-state index contributed by atoms with van der Waals surface area (Å²) in [5.41, 5.74) is 1.32. The highest BCUT2D eigenvalue weighted by molar-refractivity contribution is 7.99. The van der Waals surface area contributed by atoms with E-state index in [4.69, 9.17) is 4.98 Å². The van der Waals surface area contributed by atoms with Crippen LogP contribution >= 0.6 is 23.1 Å². The lowest BCUT2D eigenvalue weighted by Crippen LogP contribution is -2.50. The van der Waals surface area contributed by atoms with Crippen molar-refractivity contribution < 1.29 is 4.79 Å². The van der Waals surface area contributed by atoms with Crippen LogP contribution in [0.15, 0.2) is 4.79 Å². The minimum Gasteiger partial charge on any atom is -0.339 e. The van der Waals surface area contributed by atoms with Crippen molar-refractivity contribution in [3.63, 3.8) is 0 Å². The van der Waals surface area contributed by atoms with Crippen molar-refractivity contribution in [2.45, 2.75) is 32.6 Å². The lowest BCUT2D eigenvalue weighted by molar-refractivity contribution is -0.128. The van der Waals surface area contributed by atoms with Gasteiger partial charge in [-0.2, -0.15) is 11.8 Å². The summed E-state index contributed by atoms with van der Waals surface area (Å²) >= 11 is 3.36. The molecular weight excluding hydrogens is 380 g/mol. The summed E-state index contributed by atoms with van der Waals surface area (Å²) in [5, 5.41) is 0.839.